The predicted molar refractivity (Wildman–Crippen MR) is 73.1 cm³/mol. The molecular formula is C13H20N4O3. The van der Waals surface area contributed by atoms with Gasteiger partial charge >= 0.3 is 0 Å². The second-order valence-corrected chi connectivity index (χ2v) is 5.01. The first kappa shape index (κ1) is 14.5. The molecule has 0 aromatic carbocycles. The molecule has 1 atom stereocenters. The fourth-order valence-electron chi connectivity index (χ4n) is 2.33. The van der Waals surface area contributed by atoms with Crippen LogP contribution in [0, 0.1) is 0 Å². The highest BCUT2D eigenvalue weighted by molar-refractivity contribution is 5.94. The van der Waals surface area contributed by atoms with Crippen LogP contribution >= 0.6 is 0 Å². The number of hydrogen-bond donors (Lipinski definition) is 2. The van der Waals surface area contributed by atoms with Crippen LogP contribution in [0.2, 0.25) is 0 Å². The Morgan fingerprint density at radius 1 is 1.60 bits per heavy atom. The van der Waals surface area contributed by atoms with Gasteiger partial charge in [-0.25, -0.2) is 0 Å². The summed E-state index contributed by atoms with van der Waals surface area (Å²) in [5.74, 6) is -0.374. The third-order valence-corrected chi connectivity index (χ3v) is 3.21. The highest BCUT2D eigenvalue weighted by atomic mass is 16.5. The number of nitrogens with one attached hydrogen (secondary N) is 1. The molecule has 0 bridgehead atoms. The van der Waals surface area contributed by atoms with Gasteiger partial charge < -0.3 is 20.4 Å². The van der Waals surface area contributed by atoms with E-state index in [1.165, 1.54) is 0 Å². The molecule has 1 aliphatic rings. The number of carbonyl (C=O) groups excluding carboxylic acids is 2. The van der Waals surface area contributed by atoms with Crippen molar-refractivity contribution in [2.45, 2.75) is 6.10 Å². The Bertz CT molecular complexity index is 460. The van der Waals surface area contributed by atoms with Crippen LogP contribution < -0.4 is 5.73 Å². The maximum Gasteiger partial charge on any atom is 0.255 e. The van der Waals surface area contributed by atoms with Crippen LogP contribution in [0.25, 0.3) is 0 Å². The molecule has 3 N–H and O–H groups in total. The van der Waals surface area contributed by atoms with Crippen LogP contribution in [-0.2, 0) is 9.53 Å². The first-order valence-corrected chi connectivity index (χ1v) is 6.57. The molecule has 0 spiro atoms. The molecule has 7 heteroatoms. The standard InChI is InChI=1S/C13H20N4O3/c1-16(9-12(14)18)7-11-8-17(4-5-20-11)13(19)10-2-3-15-6-10/h2-3,6,11,15H,4-5,7-9H2,1H3,(H2,14,18). The minimum atomic E-state index is -0.372. The first-order chi connectivity index (χ1) is 9.56. The van der Waals surface area contributed by atoms with Crippen molar-refractivity contribution in [2.24, 2.45) is 5.73 Å². The van der Waals surface area contributed by atoms with E-state index in [1.807, 2.05) is 0 Å². The smallest absolute Gasteiger partial charge is 0.255 e. The fraction of sp³-hybridized carbons (Fsp3) is 0.538. The van der Waals surface area contributed by atoms with E-state index in [4.69, 9.17) is 10.5 Å². The molecule has 0 saturated carbocycles. The molecule has 7 nitrogen and oxygen atoms in total. The van der Waals surface area contributed by atoms with Crippen LogP contribution in [0.5, 0.6) is 0 Å². The predicted octanol–water partition coefficient (Wildman–Crippen LogP) is -0.727. The largest absolute Gasteiger partial charge is 0.373 e. The minimum Gasteiger partial charge on any atom is -0.373 e. The van der Waals surface area contributed by atoms with Gasteiger partial charge in [0.15, 0.2) is 0 Å². The molecule has 1 aliphatic heterocycles. The quantitative estimate of drug-likeness (QED) is 0.744. The number of carbonyl (C=O) groups is 2. The number of H-pyrrole nitrogens is 1. The van der Waals surface area contributed by atoms with E-state index in [-0.39, 0.29) is 24.5 Å². The Morgan fingerprint density at radius 2 is 2.40 bits per heavy atom. The maximum absolute atomic E-state index is 12.2. The number of amides is 2. The monoisotopic (exact) mass is 280 g/mol. The molecule has 20 heavy (non-hydrogen) atoms. The molecular weight excluding hydrogens is 260 g/mol. The van der Waals surface area contributed by atoms with Crippen molar-refractivity contribution in [1.29, 1.82) is 0 Å². The van der Waals surface area contributed by atoms with Gasteiger partial charge in [0.1, 0.15) is 0 Å². The highest BCUT2D eigenvalue weighted by Gasteiger charge is 2.26. The molecule has 2 amide bonds. The van der Waals surface area contributed by atoms with Crippen molar-refractivity contribution < 1.29 is 14.3 Å². The fourth-order valence-corrected chi connectivity index (χ4v) is 2.33. The highest BCUT2D eigenvalue weighted by Crippen LogP contribution is 2.11. The summed E-state index contributed by atoms with van der Waals surface area (Å²) in [5, 5.41) is 0. The van der Waals surface area contributed by atoms with Crippen molar-refractivity contribution in [3.63, 3.8) is 0 Å². The lowest BCUT2D eigenvalue weighted by molar-refractivity contribution is -0.119. The van der Waals surface area contributed by atoms with Gasteiger partial charge in [0.05, 0.1) is 24.8 Å². The topological polar surface area (TPSA) is 91.7 Å². The number of aromatic nitrogens is 1. The number of likely N-dealkylation sites (N-methyl/N-ethyl adjacent to an activating group) is 1. The van der Waals surface area contributed by atoms with E-state index in [2.05, 4.69) is 4.98 Å². The van der Waals surface area contributed by atoms with Gasteiger partial charge in [0.25, 0.3) is 5.91 Å². The zero-order chi connectivity index (χ0) is 14.5. The lowest BCUT2D eigenvalue weighted by Gasteiger charge is -2.34. The summed E-state index contributed by atoms with van der Waals surface area (Å²) >= 11 is 0. The molecule has 1 fully saturated rings. The summed E-state index contributed by atoms with van der Waals surface area (Å²) in [4.78, 5) is 29.5. The molecule has 1 saturated heterocycles. The van der Waals surface area contributed by atoms with E-state index in [1.54, 1.807) is 35.3 Å². The molecule has 1 aromatic rings. The zero-order valence-corrected chi connectivity index (χ0v) is 11.5. The molecule has 2 rings (SSSR count). The molecule has 110 valence electrons. The van der Waals surface area contributed by atoms with E-state index >= 15 is 0 Å². The van der Waals surface area contributed by atoms with Crippen LogP contribution in [0.3, 0.4) is 0 Å². The number of morpholine rings is 1. The summed E-state index contributed by atoms with van der Waals surface area (Å²) in [6.45, 7) is 2.36. The second-order valence-electron chi connectivity index (χ2n) is 5.01. The van der Waals surface area contributed by atoms with Gasteiger partial charge in [-0.3, -0.25) is 14.5 Å². The van der Waals surface area contributed by atoms with Gasteiger partial charge in [0, 0.05) is 32.0 Å². The van der Waals surface area contributed by atoms with Crippen LogP contribution in [0.15, 0.2) is 18.5 Å². The van der Waals surface area contributed by atoms with Crippen molar-refractivity contribution in [3.8, 4) is 0 Å². The number of nitrogens with zero attached hydrogens (tertiary/aromatic N) is 2. The molecule has 0 radical (unpaired) electrons. The van der Waals surface area contributed by atoms with Gasteiger partial charge in [-0.2, -0.15) is 0 Å². The second kappa shape index (κ2) is 6.53. The maximum atomic E-state index is 12.2. The Labute approximate surface area is 117 Å². The SMILES string of the molecule is CN(CC(N)=O)CC1CN(C(=O)c2cc[nH]c2)CCO1. The number of hydrogen-bond acceptors (Lipinski definition) is 4. The van der Waals surface area contributed by atoms with Gasteiger partial charge in [-0.1, -0.05) is 0 Å². The lowest BCUT2D eigenvalue weighted by Crippen LogP contribution is -2.49. The van der Waals surface area contributed by atoms with E-state index in [9.17, 15) is 9.59 Å². The van der Waals surface area contributed by atoms with Crippen LogP contribution in [0.1, 0.15) is 10.4 Å². The minimum absolute atomic E-state index is 0.00268. The number of nitrogens with two attached hydrogens (primary N) is 1. The summed E-state index contributed by atoms with van der Waals surface area (Å²) in [6, 6.07) is 1.76. The van der Waals surface area contributed by atoms with Crippen LogP contribution in [0.4, 0.5) is 0 Å². The molecule has 0 aliphatic carbocycles. The normalized spacial score (nSPS) is 19.3. The van der Waals surface area contributed by atoms with Crippen molar-refractivity contribution in [3.05, 3.63) is 24.0 Å². The average Bonchev–Trinajstić information content (AvgIpc) is 2.91. The van der Waals surface area contributed by atoms with Crippen molar-refractivity contribution in [2.75, 3.05) is 39.8 Å². The van der Waals surface area contributed by atoms with Gasteiger partial charge in [0.2, 0.25) is 5.91 Å². The Hall–Kier alpha value is -1.86. The zero-order valence-electron chi connectivity index (χ0n) is 11.5. The molecule has 1 unspecified atom stereocenters. The number of ether oxygens (including phenoxy) is 1. The number of aromatic amines is 1. The average molecular weight is 280 g/mol. The Morgan fingerprint density at radius 3 is 3.05 bits per heavy atom. The molecule has 1 aromatic heterocycles. The molecule has 2 heterocycles. The third kappa shape index (κ3) is 3.82. The first-order valence-electron chi connectivity index (χ1n) is 6.57. The summed E-state index contributed by atoms with van der Waals surface area (Å²) in [5.41, 5.74) is 5.80. The van der Waals surface area contributed by atoms with Gasteiger partial charge in [-0.05, 0) is 13.1 Å². The van der Waals surface area contributed by atoms with E-state index in [0.717, 1.165) is 0 Å². The number of primary amides is 1. The van der Waals surface area contributed by atoms with Crippen molar-refractivity contribution >= 4 is 11.8 Å². The summed E-state index contributed by atoms with van der Waals surface area (Å²) in [7, 11) is 1.81. The third-order valence-electron chi connectivity index (χ3n) is 3.21. The Balaban J connectivity index is 1.88. The Kier molecular flexibility index (Phi) is 4.75. The van der Waals surface area contributed by atoms with Crippen LogP contribution in [-0.4, -0.2) is 72.5 Å². The van der Waals surface area contributed by atoms with Crippen molar-refractivity contribution in [1.82, 2.24) is 14.8 Å². The summed E-state index contributed by atoms with van der Waals surface area (Å²) < 4.78 is 5.63. The number of rotatable bonds is 5. The summed E-state index contributed by atoms with van der Waals surface area (Å²) in [6.07, 6.45) is 3.31. The van der Waals surface area contributed by atoms with Gasteiger partial charge in [-0.15, -0.1) is 0 Å². The van der Waals surface area contributed by atoms with E-state index < -0.39 is 0 Å². The lowest BCUT2D eigenvalue weighted by atomic mass is 10.2. The van der Waals surface area contributed by atoms with E-state index in [0.29, 0.717) is 31.8 Å².